The quantitative estimate of drug-likeness (QED) is 0.691. The molecule has 0 atom stereocenters. The largest absolute Gasteiger partial charge is 0.511 e. The number of nitrogens with zero attached hydrogens (tertiary/aromatic N) is 4. The number of hydrogen-bond acceptors (Lipinski definition) is 6. The number of pyridine rings is 2. The molecule has 0 radical (unpaired) electrons. The number of imidazole rings is 1. The van der Waals surface area contributed by atoms with E-state index in [1.807, 2.05) is 12.1 Å². The van der Waals surface area contributed by atoms with Crippen LogP contribution in [0.4, 0.5) is 10.6 Å². The van der Waals surface area contributed by atoms with E-state index < -0.39 is 6.16 Å². The number of ether oxygens (including phenoxy) is 1. The molecule has 0 spiro atoms. The van der Waals surface area contributed by atoms with Crippen molar-refractivity contribution in [2.24, 2.45) is 0 Å². The van der Waals surface area contributed by atoms with E-state index in [1.54, 1.807) is 16.8 Å². The number of carbonyl (C=O) groups is 1. The van der Waals surface area contributed by atoms with Gasteiger partial charge in [0.15, 0.2) is 5.65 Å². The summed E-state index contributed by atoms with van der Waals surface area (Å²) < 4.78 is 6.46. The third kappa shape index (κ3) is 2.99. The maximum Gasteiger partial charge on any atom is 0.511 e. The molecule has 0 aromatic carbocycles. The lowest BCUT2D eigenvalue weighted by Gasteiger charge is -2.33. The lowest BCUT2D eigenvalue weighted by atomic mass is 10.0. The van der Waals surface area contributed by atoms with Gasteiger partial charge in [0.25, 0.3) is 0 Å². The fourth-order valence-electron chi connectivity index (χ4n) is 3.41. The Bertz CT molecular complexity index is 1000. The molecule has 3 aromatic heterocycles. The third-order valence-corrected chi connectivity index (χ3v) is 4.57. The summed E-state index contributed by atoms with van der Waals surface area (Å²) in [5.74, 6) is 0.902. The first kappa shape index (κ1) is 16.1. The van der Waals surface area contributed by atoms with Crippen LogP contribution >= 0.6 is 0 Å². The maximum absolute atomic E-state index is 12.3. The van der Waals surface area contributed by atoms with Crippen molar-refractivity contribution in [2.75, 3.05) is 18.0 Å². The number of carboxylic acid groups (broad SMARTS) is 1. The fourth-order valence-corrected chi connectivity index (χ4v) is 3.41. The normalized spacial score (nSPS) is 15.3. The summed E-state index contributed by atoms with van der Waals surface area (Å²) in [4.78, 5) is 36.3. The molecule has 0 amide bonds. The van der Waals surface area contributed by atoms with E-state index in [-0.39, 0.29) is 17.5 Å². The second-order valence-corrected chi connectivity index (χ2v) is 6.11. The Morgan fingerprint density at radius 2 is 2.04 bits per heavy atom. The number of rotatable bonds is 3. The average Bonchev–Trinajstić information content (AvgIpc) is 2.97. The van der Waals surface area contributed by atoms with Crippen LogP contribution in [0.1, 0.15) is 18.9 Å². The van der Waals surface area contributed by atoms with E-state index in [9.17, 15) is 9.59 Å². The van der Waals surface area contributed by atoms with Gasteiger partial charge in [0.2, 0.25) is 0 Å². The molecule has 1 fully saturated rings. The lowest BCUT2D eigenvalue weighted by molar-refractivity contribution is 0.144. The second kappa shape index (κ2) is 6.51. The Balaban J connectivity index is 1.51. The van der Waals surface area contributed by atoms with Gasteiger partial charge in [-0.2, -0.15) is 0 Å². The van der Waals surface area contributed by atoms with E-state index in [4.69, 9.17) is 5.11 Å². The SMILES string of the molecule is O=C(O)Oc1ccnc(N2CCC(n3c(=O)[nH]c4ncccc43)CC2)c1. The van der Waals surface area contributed by atoms with Crippen molar-refractivity contribution in [2.45, 2.75) is 18.9 Å². The summed E-state index contributed by atoms with van der Waals surface area (Å²) in [6, 6.07) is 6.90. The highest BCUT2D eigenvalue weighted by molar-refractivity contribution is 5.70. The molecule has 134 valence electrons. The highest BCUT2D eigenvalue weighted by Crippen LogP contribution is 2.28. The van der Waals surface area contributed by atoms with Crippen LogP contribution in [0, 0.1) is 0 Å². The zero-order valence-corrected chi connectivity index (χ0v) is 13.8. The van der Waals surface area contributed by atoms with Gasteiger partial charge in [-0.25, -0.2) is 19.6 Å². The Morgan fingerprint density at radius 3 is 2.81 bits per heavy atom. The van der Waals surface area contributed by atoms with Crippen LogP contribution in [0.15, 0.2) is 41.5 Å². The summed E-state index contributed by atoms with van der Waals surface area (Å²) in [6.07, 6.45) is 3.37. The topological polar surface area (TPSA) is 113 Å². The molecule has 1 aliphatic rings. The minimum Gasteiger partial charge on any atom is -0.449 e. The number of H-pyrrole nitrogens is 1. The first-order valence-corrected chi connectivity index (χ1v) is 8.29. The number of fused-ring (bicyclic) bond motifs is 1. The van der Waals surface area contributed by atoms with Gasteiger partial charge >= 0.3 is 11.8 Å². The van der Waals surface area contributed by atoms with Crippen molar-refractivity contribution in [1.82, 2.24) is 19.5 Å². The highest BCUT2D eigenvalue weighted by Gasteiger charge is 2.24. The Labute approximate surface area is 147 Å². The van der Waals surface area contributed by atoms with Crippen LogP contribution in [0.5, 0.6) is 5.75 Å². The van der Waals surface area contributed by atoms with E-state index in [1.165, 1.54) is 12.3 Å². The molecule has 4 rings (SSSR count). The molecule has 3 aromatic rings. The van der Waals surface area contributed by atoms with Crippen molar-refractivity contribution >= 4 is 23.1 Å². The molecule has 9 nitrogen and oxygen atoms in total. The molecule has 1 aliphatic heterocycles. The van der Waals surface area contributed by atoms with Gasteiger partial charge in [-0.05, 0) is 31.0 Å². The Kier molecular flexibility index (Phi) is 4.04. The van der Waals surface area contributed by atoms with Crippen molar-refractivity contribution in [3.63, 3.8) is 0 Å². The first-order valence-electron chi connectivity index (χ1n) is 8.29. The molecule has 26 heavy (non-hydrogen) atoms. The molecular formula is C17H17N5O4. The number of piperidine rings is 1. The van der Waals surface area contributed by atoms with Crippen LogP contribution in [-0.4, -0.2) is 43.9 Å². The lowest BCUT2D eigenvalue weighted by Crippen LogP contribution is -2.37. The number of aromatic nitrogens is 4. The molecular weight excluding hydrogens is 338 g/mol. The number of nitrogens with one attached hydrogen (secondary N) is 1. The van der Waals surface area contributed by atoms with E-state index in [2.05, 4.69) is 24.6 Å². The maximum atomic E-state index is 12.3. The molecule has 0 unspecified atom stereocenters. The molecule has 9 heteroatoms. The Hall–Kier alpha value is -3.36. The standard InChI is InChI=1S/C17H17N5O4/c23-16-20-15-13(2-1-6-19-15)22(16)11-4-8-21(9-5-11)14-10-12(3-7-18-14)26-17(24)25/h1-3,6-7,10-11H,4-5,8-9H2,(H,24,25)(H,19,20,23). The number of anilines is 1. The van der Waals surface area contributed by atoms with Crippen LogP contribution in [0.2, 0.25) is 0 Å². The Morgan fingerprint density at radius 1 is 1.23 bits per heavy atom. The summed E-state index contributed by atoms with van der Waals surface area (Å²) in [5, 5.41) is 8.72. The molecule has 2 N–H and O–H groups in total. The van der Waals surface area contributed by atoms with Gasteiger partial charge in [-0.15, -0.1) is 0 Å². The van der Waals surface area contributed by atoms with Crippen molar-refractivity contribution in [3.8, 4) is 5.75 Å². The van der Waals surface area contributed by atoms with Crippen LogP contribution in [0.25, 0.3) is 11.2 Å². The zero-order chi connectivity index (χ0) is 18.1. The first-order chi connectivity index (χ1) is 12.6. The van der Waals surface area contributed by atoms with Gasteiger partial charge in [-0.1, -0.05) is 0 Å². The summed E-state index contributed by atoms with van der Waals surface area (Å²) in [6.45, 7) is 1.40. The summed E-state index contributed by atoms with van der Waals surface area (Å²) >= 11 is 0. The third-order valence-electron chi connectivity index (χ3n) is 4.57. The van der Waals surface area contributed by atoms with Crippen molar-refractivity contribution in [3.05, 3.63) is 47.1 Å². The van der Waals surface area contributed by atoms with Crippen LogP contribution < -0.4 is 15.3 Å². The smallest absolute Gasteiger partial charge is 0.449 e. The zero-order valence-electron chi connectivity index (χ0n) is 13.8. The highest BCUT2D eigenvalue weighted by atomic mass is 16.7. The van der Waals surface area contributed by atoms with Crippen molar-refractivity contribution < 1.29 is 14.6 Å². The minimum absolute atomic E-state index is 0.0788. The predicted octanol–water partition coefficient (Wildman–Crippen LogP) is 2.02. The van der Waals surface area contributed by atoms with Crippen molar-refractivity contribution in [1.29, 1.82) is 0 Å². The van der Waals surface area contributed by atoms with Gasteiger partial charge in [-0.3, -0.25) is 9.55 Å². The fraction of sp³-hybridized carbons (Fsp3) is 0.294. The van der Waals surface area contributed by atoms with Gasteiger partial charge in [0.1, 0.15) is 11.6 Å². The van der Waals surface area contributed by atoms with Crippen LogP contribution in [-0.2, 0) is 0 Å². The van der Waals surface area contributed by atoms with E-state index >= 15 is 0 Å². The summed E-state index contributed by atoms with van der Waals surface area (Å²) in [5.41, 5.74) is 1.26. The van der Waals surface area contributed by atoms with E-state index in [0.29, 0.717) is 24.6 Å². The molecule has 0 aliphatic carbocycles. The molecule has 0 bridgehead atoms. The average molecular weight is 355 g/mol. The minimum atomic E-state index is -1.35. The summed E-state index contributed by atoms with van der Waals surface area (Å²) in [7, 11) is 0. The second-order valence-electron chi connectivity index (χ2n) is 6.11. The van der Waals surface area contributed by atoms with Crippen LogP contribution in [0.3, 0.4) is 0 Å². The van der Waals surface area contributed by atoms with E-state index in [0.717, 1.165) is 18.4 Å². The number of hydrogen-bond donors (Lipinski definition) is 2. The monoisotopic (exact) mass is 355 g/mol. The van der Waals surface area contributed by atoms with Gasteiger partial charge < -0.3 is 14.7 Å². The predicted molar refractivity (Wildman–Crippen MR) is 93.7 cm³/mol. The molecule has 1 saturated heterocycles. The molecule has 4 heterocycles. The van der Waals surface area contributed by atoms with Gasteiger partial charge in [0, 0.05) is 37.6 Å². The number of aromatic amines is 1. The van der Waals surface area contributed by atoms with Gasteiger partial charge in [0.05, 0.1) is 5.52 Å². The molecule has 0 saturated carbocycles.